The van der Waals surface area contributed by atoms with Crippen LogP contribution in [0.4, 0.5) is 28.8 Å². The molecule has 0 aliphatic carbocycles. The second kappa shape index (κ2) is 5.96. The molecular formula is C12H7F3N4O4S. The molecule has 2 heterocycles. The highest BCUT2D eigenvalue weighted by atomic mass is 32.1. The number of anilines is 2. The number of imide groups is 1. The molecule has 126 valence electrons. The number of aromatic nitrogens is 2. The van der Waals surface area contributed by atoms with Crippen molar-refractivity contribution in [2.45, 2.75) is 6.18 Å². The summed E-state index contributed by atoms with van der Waals surface area (Å²) in [5, 5.41) is 6.63. The van der Waals surface area contributed by atoms with Crippen LogP contribution in [0, 0.1) is 0 Å². The second-order valence-electron chi connectivity index (χ2n) is 4.35. The molecule has 0 fully saturated rings. The first kappa shape index (κ1) is 16.0. The number of fused-ring (bicyclic) bond motifs is 1. The molecule has 0 spiro atoms. The van der Waals surface area contributed by atoms with Crippen LogP contribution in [0.5, 0.6) is 11.5 Å². The van der Waals surface area contributed by atoms with E-state index in [0.29, 0.717) is 16.4 Å². The predicted molar refractivity (Wildman–Crippen MR) is 75.0 cm³/mol. The SMILES string of the molecule is O=CN(C(=O)Nc1nnc(C(F)(F)F)s1)c1ccc2c(c1)OCO2. The van der Waals surface area contributed by atoms with E-state index in [0.717, 1.165) is 0 Å². The number of ether oxygens (including phenoxy) is 2. The average Bonchev–Trinajstić information content (AvgIpc) is 3.15. The van der Waals surface area contributed by atoms with Crippen LogP contribution in [0.1, 0.15) is 5.01 Å². The molecule has 1 aromatic carbocycles. The van der Waals surface area contributed by atoms with Crippen molar-refractivity contribution in [1.82, 2.24) is 10.2 Å². The van der Waals surface area contributed by atoms with Crippen LogP contribution in [-0.2, 0) is 11.0 Å². The van der Waals surface area contributed by atoms with Gasteiger partial charge in [0.05, 0.1) is 5.69 Å². The number of alkyl halides is 3. The maximum atomic E-state index is 12.5. The van der Waals surface area contributed by atoms with Crippen molar-refractivity contribution in [1.29, 1.82) is 0 Å². The summed E-state index contributed by atoms with van der Waals surface area (Å²) in [6, 6.07) is 3.31. The lowest BCUT2D eigenvalue weighted by atomic mass is 10.2. The Hall–Kier alpha value is -2.89. The molecule has 0 atom stereocenters. The van der Waals surface area contributed by atoms with Crippen molar-refractivity contribution in [3.8, 4) is 11.5 Å². The van der Waals surface area contributed by atoms with Crippen LogP contribution in [-0.4, -0.2) is 29.4 Å². The van der Waals surface area contributed by atoms with E-state index in [4.69, 9.17) is 9.47 Å². The summed E-state index contributed by atoms with van der Waals surface area (Å²) in [4.78, 5) is 23.9. The first-order valence-corrected chi connectivity index (χ1v) is 7.06. The minimum Gasteiger partial charge on any atom is -0.454 e. The van der Waals surface area contributed by atoms with Gasteiger partial charge in [0, 0.05) is 6.07 Å². The van der Waals surface area contributed by atoms with Gasteiger partial charge in [0.2, 0.25) is 23.3 Å². The van der Waals surface area contributed by atoms with Crippen LogP contribution < -0.4 is 19.7 Å². The van der Waals surface area contributed by atoms with Gasteiger partial charge in [0.1, 0.15) is 0 Å². The summed E-state index contributed by atoms with van der Waals surface area (Å²) in [7, 11) is 0. The minimum absolute atomic E-state index is 0.0110. The smallest absolute Gasteiger partial charge is 0.445 e. The quantitative estimate of drug-likeness (QED) is 0.846. The minimum atomic E-state index is -4.66. The lowest BCUT2D eigenvalue weighted by Crippen LogP contribution is -2.33. The number of nitrogens with one attached hydrogen (secondary N) is 1. The van der Waals surface area contributed by atoms with Crippen LogP contribution in [0.15, 0.2) is 18.2 Å². The fraction of sp³-hybridized carbons (Fsp3) is 0.167. The van der Waals surface area contributed by atoms with Gasteiger partial charge in [0.15, 0.2) is 11.5 Å². The first-order chi connectivity index (χ1) is 11.4. The summed E-state index contributed by atoms with van der Waals surface area (Å²) in [5.74, 6) is 0.784. The Morgan fingerprint density at radius 1 is 1.29 bits per heavy atom. The Morgan fingerprint density at radius 2 is 2.04 bits per heavy atom. The lowest BCUT2D eigenvalue weighted by molar-refractivity contribution is -0.138. The van der Waals surface area contributed by atoms with Crippen LogP contribution in [0.2, 0.25) is 0 Å². The monoisotopic (exact) mass is 360 g/mol. The molecule has 12 heteroatoms. The number of amides is 3. The molecule has 2 aromatic rings. The Labute approximate surface area is 135 Å². The molecule has 3 amide bonds. The lowest BCUT2D eigenvalue weighted by Gasteiger charge is -2.15. The largest absolute Gasteiger partial charge is 0.454 e. The zero-order valence-electron chi connectivity index (χ0n) is 11.5. The highest BCUT2D eigenvalue weighted by Crippen LogP contribution is 2.36. The molecule has 0 saturated carbocycles. The number of nitrogens with zero attached hydrogens (tertiary/aromatic N) is 3. The van der Waals surface area contributed by atoms with Gasteiger partial charge in [-0.2, -0.15) is 13.2 Å². The fourth-order valence-electron chi connectivity index (χ4n) is 1.80. The maximum absolute atomic E-state index is 12.5. The molecule has 1 aliphatic heterocycles. The normalized spacial score (nSPS) is 12.8. The first-order valence-electron chi connectivity index (χ1n) is 6.24. The van der Waals surface area contributed by atoms with Gasteiger partial charge in [-0.1, -0.05) is 11.3 Å². The molecule has 1 aliphatic rings. The number of hydrogen-bond donors (Lipinski definition) is 1. The Bertz CT molecular complexity index is 795. The highest BCUT2D eigenvalue weighted by Gasteiger charge is 2.36. The van der Waals surface area contributed by atoms with E-state index in [1.165, 1.54) is 18.2 Å². The van der Waals surface area contributed by atoms with Crippen molar-refractivity contribution in [3.05, 3.63) is 23.2 Å². The molecule has 8 nitrogen and oxygen atoms in total. The summed E-state index contributed by atoms with van der Waals surface area (Å²) in [5.41, 5.74) is 0.146. The zero-order valence-corrected chi connectivity index (χ0v) is 12.3. The van der Waals surface area contributed by atoms with Gasteiger partial charge in [-0.05, 0) is 12.1 Å². The number of rotatable bonds is 3. The van der Waals surface area contributed by atoms with Gasteiger partial charge < -0.3 is 9.47 Å². The summed E-state index contributed by atoms with van der Waals surface area (Å²) in [6.07, 6.45) is -4.46. The molecule has 1 N–H and O–H groups in total. The second-order valence-corrected chi connectivity index (χ2v) is 5.33. The van der Waals surface area contributed by atoms with E-state index in [9.17, 15) is 22.8 Å². The van der Waals surface area contributed by atoms with Crippen molar-refractivity contribution in [3.63, 3.8) is 0 Å². The number of benzene rings is 1. The molecule has 0 radical (unpaired) electrons. The molecule has 1 aromatic heterocycles. The molecule has 0 unspecified atom stereocenters. The number of halogens is 3. The van der Waals surface area contributed by atoms with E-state index < -0.39 is 17.2 Å². The number of carbonyl (C=O) groups is 2. The van der Waals surface area contributed by atoms with Crippen molar-refractivity contribution >= 4 is 34.6 Å². The topological polar surface area (TPSA) is 93.7 Å². The van der Waals surface area contributed by atoms with Crippen LogP contribution in [0.25, 0.3) is 0 Å². The highest BCUT2D eigenvalue weighted by molar-refractivity contribution is 7.15. The van der Waals surface area contributed by atoms with Crippen LogP contribution in [0.3, 0.4) is 0 Å². The Kier molecular flexibility index (Phi) is 3.97. The summed E-state index contributed by atoms with van der Waals surface area (Å²) >= 11 is 0.145. The van der Waals surface area contributed by atoms with Gasteiger partial charge in [-0.25, -0.2) is 9.69 Å². The van der Waals surface area contributed by atoms with E-state index in [1.54, 1.807) is 0 Å². The molecule has 24 heavy (non-hydrogen) atoms. The van der Waals surface area contributed by atoms with Gasteiger partial charge in [-0.15, -0.1) is 10.2 Å². The number of urea groups is 1. The Balaban J connectivity index is 1.77. The van der Waals surface area contributed by atoms with E-state index in [2.05, 4.69) is 15.5 Å². The number of carbonyl (C=O) groups excluding carboxylic acids is 2. The van der Waals surface area contributed by atoms with Gasteiger partial charge in [0.25, 0.3) is 0 Å². The molecule has 0 saturated heterocycles. The molecule has 3 rings (SSSR count). The Morgan fingerprint density at radius 3 is 2.71 bits per heavy atom. The molecule has 0 bridgehead atoms. The summed E-state index contributed by atoms with van der Waals surface area (Å²) < 4.78 is 47.6. The van der Waals surface area contributed by atoms with Crippen molar-refractivity contribution in [2.75, 3.05) is 17.0 Å². The van der Waals surface area contributed by atoms with E-state index in [-0.39, 0.29) is 35.4 Å². The zero-order chi connectivity index (χ0) is 17.3. The standard InChI is InChI=1S/C12H7F3N4O4S/c13-12(14,15)9-17-18-10(24-9)16-11(21)19(4-20)6-1-2-7-8(3-6)23-5-22-7/h1-4H,5H2,(H,16,18,21). The van der Waals surface area contributed by atoms with E-state index in [1.807, 2.05) is 0 Å². The van der Waals surface area contributed by atoms with Crippen LogP contribution >= 0.6 is 11.3 Å². The maximum Gasteiger partial charge on any atom is 0.445 e. The molecular weight excluding hydrogens is 353 g/mol. The van der Waals surface area contributed by atoms with Crippen molar-refractivity contribution in [2.24, 2.45) is 0 Å². The number of hydrogen-bond acceptors (Lipinski definition) is 7. The average molecular weight is 360 g/mol. The fourth-order valence-corrected chi connectivity index (χ4v) is 2.40. The third kappa shape index (κ3) is 3.08. The van der Waals surface area contributed by atoms with E-state index >= 15 is 0 Å². The third-order valence-electron chi connectivity index (χ3n) is 2.84. The summed E-state index contributed by atoms with van der Waals surface area (Å²) in [6.45, 7) is 0.0110. The van der Waals surface area contributed by atoms with Crippen molar-refractivity contribution < 1.29 is 32.2 Å². The van der Waals surface area contributed by atoms with Gasteiger partial charge >= 0.3 is 12.2 Å². The van der Waals surface area contributed by atoms with Gasteiger partial charge in [-0.3, -0.25) is 10.1 Å². The third-order valence-corrected chi connectivity index (χ3v) is 3.72. The predicted octanol–water partition coefficient (Wildman–Crippen LogP) is 2.48.